The number of hydrogen-bond acceptors (Lipinski definition) is 4. The van der Waals surface area contributed by atoms with E-state index in [2.05, 4.69) is 12.2 Å². The number of allylic oxidation sites excluding steroid dienone is 2. The zero-order valence-electron chi connectivity index (χ0n) is 12.1. The molecule has 4 nitrogen and oxygen atoms in total. The number of rotatable bonds is 10. The van der Waals surface area contributed by atoms with Gasteiger partial charge in [0.15, 0.2) is 0 Å². The lowest BCUT2D eigenvalue weighted by Gasteiger charge is -2.26. The summed E-state index contributed by atoms with van der Waals surface area (Å²) < 4.78 is 16.0. The first-order valence-corrected chi connectivity index (χ1v) is 6.99. The molecule has 110 valence electrons. The minimum Gasteiger partial charge on any atom is -0.383 e. The Hall–Kier alpha value is -0.680. The number of ether oxygens (including phenoxy) is 3. The summed E-state index contributed by atoms with van der Waals surface area (Å²) in [4.78, 5) is 0. The summed E-state index contributed by atoms with van der Waals surface area (Å²) in [5.41, 5.74) is 0.0263. The molecule has 0 amide bonds. The first-order valence-electron chi connectivity index (χ1n) is 6.99. The molecule has 0 heterocycles. The van der Waals surface area contributed by atoms with Crippen molar-refractivity contribution in [1.29, 1.82) is 0 Å². The third kappa shape index (κ3) is 6.87. The van der Waals surface area contributed by atoms with Crippen LogP contribution in [0.1, 0.15) is 26.7 Å². The molecule has 0 aromatic carbocycles. The SMILES string of the molecule is CCOCCOCCOCC(C)(O)C1=CCCC=C1. The second-order valence-corrected chi connectivity index (χ2v) is 4.77. The Morgan fingerprint density at radius 2 is 1.79 bits per heavy atom. The lowest BCUT2D eigenvalue weighted by atomic mass is 9.92. The fourth-order valence-corrected chi connectivity index (χ4v) is 1.85. The van der Waals surface area contributed by atoms with Crippen molar-refractivity contribution < 1.29 is 19.3 Å². The van der Waals surface area contributed by atoms with E-state index in [1.807, 2.05) is 13.0 Å². The molecule has 0 saturated carbocycles. The summed E-state index contributed by atoms with van der Waals surface area (Å²) in [5, 5.41) is 10.3. The highest BCUT2D eigenvalue weighted by Gasteiger charge is 2.24. The Morgan fingerprint density at radius 1 is 1.11 bits per heavy atom. The van der Waals surface area contributed by atoms with Crippen LogP contribution in [0.4, 0.5) is 0 Å². The van der Waals surface area contributed by atoms with Crippen molar-refractivity contribution in [3.63, 3.8) is 0 Å². The third-order valence-corrected chi connectivity index (χ3v) is 2.95. The molecule has 1 atom stereocenters. The molecule has 0 spiro atoms. The summed E-state index contributed by atoms with van der Waals surface area (Å²) in [5.74, 6) is 0. The lowest BCUT2D eigenvalue weighted by molar-refractivity contribution is -0.0325. The number of hydrogen-bond donors (Lipinski definition) is 1. The van der Waals surface area contributed by atoms with Crippen LogP contribution in [0.25, 0.3) is 0 Å². The van der Waals surface area contributed by atoms with Gasteiger partial charge in [0.05, 0.1) is 33.0 Å². The molecule has 4 heteroatoms. The molecular weight excluding hydrogens is 244 g/mol. The quantitative estimate of drug-likeness (QED) is 0.617. The van der Waals surface area contributed by atoms with Gasteiger partial charge in [-0.3, -0.25) is 0 Å². The molecule has 0 bridgehead atoms. The van der Waals surface area contributed by atoms with Gasteiger partial charge in [-0.15, -0.1) is 0 Å². The van der Waals surface area contributed by atoms with E-state index in [1.165, 1.54) is 0 Å². The molecule has 1 aliphatic carbocycles. The molecule has 0 saturated heterocycles. The highest BCUT2D eigenvalue weighted by Crippen LogP contribution is 2.22. The van der Waals surface area contributed by atoms with Crippen molar-refractivity contribution >= 4 is 0 Å². The first kappa shape index (κ1) is 16.4. The van der Waals surface area contributed by atoms with Crippen LogP contribution < -0.4 is 0 Å². The van der Waals surface area contributed by atoms with Gasteiger partial charge in [0.2, 0.25) is 0 Å². The van der Waals surface area contributed by atoms with Gasteiger partial charge in [-0.05, 0) is 32.3 Å². The molecule has 0 aliphatic heterocycles. The van der Waals surface area contributed by atoms with Crippen molar-refractivity contribution in [2.24, 2.45) is 0 Å². The van der Waals surface area contributed by atoms with Crippen LogP contribution >= 0.6 is 0 Å². The smallest absolute Gasteiger partial charge is 0.110 e. The minimum absolute atomic E-state index is 0.290. The van der Waals surface area contributed by atoms with Gasteiger partial charge >= 0.3 is 0 Å². The summed E-state index contributed by atoms with van der Waals surface area (Å²) in [6.07, 6.45) is 8.17. The van der Waals surface area contributed by atoms with Crippen LogP contribution in [0, 0.1) is 0 Å². The van der Waals surface area contributed by atoms with Gasteiger partial charge in [0.25, 0.3) is 0 Å². The maximum atomic E-state index is 10.3. The second-order valence-electron chi connectivity index (χ2n) is 4.77. The van der Waals surface area contributed by atoms with E-state index in [-0.39, 0.29) is 6.61 Å². The molecule has 1 N–H and O–H groups in total. The van der Waals surface area contributed by atoms with Crippen LogP contribution in [0.15, 0.2) is 23.8 Å². The van der Waals surface area contributed by atoms with Crippen molar-refractivity contribution in [2.45, 2.75) is 32.3 Å². The fraction of sp³-hybridized carbons (Fsp3) is 0.733. The van der Waals surface area contributed by atoms with Crippen molar-refractivity contribution in [3.8, 4) is 0 Å². The fourth-order valence-electron chi connectivity index (χ4n) is 1.85. The molecule has 0 radical (unpaired) electrons. The Balaban J connectivity index is 2.08. The highest BCUT2D eigenvalue weighted by atomic mass is 16.5. The topological polar surface area (TPSA) is 47.9 Å². The van der Waals surface area contributed by atoms with Crippen LogP contribution in [0.2, 0.25) is 0 Å². The van der Waals surface area contributed by atoms with E-state index in [9.17, 15) is 5.11 Å². The Kier molecular flexibility index (Phi) is 7.98. The van der Waals surface area contributed by atoms with E-state index in [1.54, 1.807) is 6.92 Å². The van der Waals surface area contributed by atoms with E-state index >= 15 is 0 Å². The van der Waals surface area contributed by atoms with E-state index in [0.717, 1.165) is 18.4 Å². The normalized spacial score (nSPS) is 18.2. The predicted octanol–water partition coefficient (Wildman–Crippen LogP) is 2.08. The van der Waals surface area contributed by atoms with Gasteiger partial charge in [-0.2, -0.15) is 0 Å². The zero-order valence-corrected chi connectivity index (χ0v) is 12.1. The molecule has 0 aromatic heterocycles. The largest absolute Gasteiger partial charge is 0.383 e. The van der Waals surface area contributed by atoms with Gasteiger partial charge in [-0.1, -0.05) is 18.2 Å². The van der Waals surface area contributed by atoms with E-state index < -0.39 is 5.60 Å². The monoisotopic (exact) mass is 270 g/mol. The van der Waals surface area contributed by atoms with Gasteiger partial charge in [0, 0.05) is 6.61 Å². The lowest BCUT2D eigenvalue weighted by Crippen LogP contribution is -2.33. The molecule has 0 fully saturated rings. The van der Waals surface area contributed by atoms with Crippen molar-refractivity contribution in [3.05, 3.63) is 23.8 Å². The summed E-state index contributed by atoms with van der Waals surface area (Å²) in [6.45, 7) is 6.96. The van der Waals surface area contributed by atoms with Gasteiger partial charge in [0.1, 0.15) is 5.60 Å². The van der Waals surface area contributed by atoms with Crippen LogP contribution in [0.3, 0.4) is 0 Å². The van der Waals surface area contributed by atoms with Crippen molar-refractivity contribution in [1.82, 2.24) is 0 Å². The van der Waals surface area contributed by atoms with E-state index in [4.69, 9.17) is 14.2 Å². The highest BCUT2D eigenvalue weighted by molar-refractivity contribution is 5.30. The Labute approximate surface area is 116 Å². The van der Waals surface area contributed by atoms with Crippen LogP contribution in [-0.4, -0.2) is 50.3 Å². The number of aliphatic hydroxyl groups is 1. The van der Waals surface area contributed by atoms with Crippen LogP contribution in [-0.2, 0) is 14.2 Å². The van der Waals surface area contributed by atoms with Gasteiger partial charge < -0.3 is 19.3 Å². The molecule has 1 unspecified atom stereocenters. The Bertz CT molecular complexity index is 295. The Morgan fingerprint density at radius 3 is 2.42 bits per heavy atom. The minimum atomic E-state index is -0.914. The van der Waals surface area contributed by atoms with Crippen molar-refractivity contribution in [2.75, 3.05) is 39.6 Å². The molecule has 19 heavy (non-hydrogen) atoms. The maximum Gasteiger partial charge on any atom is 0.110 e. The third-order valence-electron chi connectivity index (χ3n) is 2.95. The standard InChI is InChI=1S/C15H26O4/c1-3-17-9-10-18-11-12-19-13-15(2,16)14-7-5-4-6-8-14/h5,7-8,16H,3-4,6,9-13H2,1-2H3. The average molecular weight is 270 g/mol. The van der Waals surface area contributed by atoms with E-state index in [0.29, 0.717) is 33.0 Å². The average Bonchev–Trinajstić information content (AvgIpc) is 2.43. The summed E-state index contributed by atoms with van der Waals surface area (Å²) >= 11 is 0. The summed E-state index contributed by atoms with van der Waals surface area (Å²) in [7, 11) is 0. The molecule has 1 aliphatic rings. The zero-order chi connectivity index (χ0) is 14.0. The maximum absolute atomic E-state index is 10.3. The summed E-state index contributed by atoms with van der Waals surface area (Å²) in [6, 6.07) is 0. The molecule has 1 rings (SSSR count). The first-order chi connectivity index (χ1) is 9.17. The molecular formula is C15H26O4. The van der Waals surface area contributed by atoms with Crippen LogP contribution in [0.5, 0.6) is 0 Å². The van der Waals surface area contributed by atoms with Gasteiger partial charge in [-0.25, -0.2) is 0 Å². The predicted molar refractivity (Wildman–Crippen MR) is 75.2 cm³/mol. The second kappa shape index (κ2) is 9.26. The molecule has 0 aromatic rings.